The van der Waals surface area contributed by atoms with Crippen molar-refractivity contribution >= 4 is 21.9 Å². The first-order valence-corrected chi connectivity index (χ1v) is 10.5. The number of benzene rings is 1. The molecule has 8 heteroatoms. The summed E-state index contributed by atoms with van der Waals surface area (Å²) < 4.78 is 27.7. The van der Waals surface area contributed by atoms with E-state index in [1.165, 1.54) is 28.6 Å². The Bertz CT molecular complexity index is 793. The van der Waals surface area contributed by atoms with E-state index in [0.29, 0.717) is 25.9 Å². The number of rotatable bonds is 6. The lowest BCUT2D eigenvalue weighted by Gasteiger charge is -2.35. The third-order valence-electron chi connectivity index (χ3n) is 5.16. The van der Waals surface area contributed by atoms with Crippen molar-refractivity contribution in [2.75, 3.05) is 19.6 Å². The first-order chi connectivity index (χ1) is 12.4. The van der Waals surface area contributed by atoms with Crippen LogP contribution in [0.2, 0.25) is 0 Å². The normalized spacial score (nSPS) is 21.9. The van der Waals surface area contributed by atoms with Crippen molar-refractivity contribution in [3.63, 3.8) is 0 Å². The van der Waals surface area contributed by atoms with Gasteiger partial charge >= 0.3 is 5.97 Å². The van der Waals surface area contributed by atoms with Gasteiger partial charge in [0.05, 0.1) is 10.5 Å². The van der Waals surface area contributed by atoms with Gasteiger partial charge in [-0.25, -0.2) is 13.2 Å². The average molecular weight is 380 g/mol. The molecule has 142 valence electrons. The molecule has 3 rings (SSSR count). The van der Waals surface area contributed by atoms with Crippen molar-refractivity contribution in [1.82, 2.24) is 9.21 Å². The second-order valence-electron chi connectivity index (χ2n) is 6.87. The van der Waals surface area contributed by atoms with E-state index in [1.54, 1.807) is 0 Å². The molecule has 26 heavy (non-hydrogen) atoms. The Morgan fingerprint density at radius 2 is 2.00 bits per heavy atom. The highest BCUT2D eigenvalue weighted by Crippen LogP contribution is 2.28. The Morgan fingerprint density at radius 3 is 2.69 bits per heavy atom. The first kappa shape index (κ1) is 18.8. The zero-order valence-corrected chi connectivity index (χ0v) is 15.5. The molecule has 1 unspecified atom stereocenters. The third kappa shape index (κ3) is 3.91. The molecule has 1 amide bonds. The highest BCUT2D eigenvalue weighted by molar-refractivity contribution is 7.89. The Kier molecular flexibility index (Phi) is 5.62. The predicted octanol–water partition coefficient (Wildman–Crippen LogP) is 1.94. The topological polar surface area (TPSA) is 95.0 Å². The van der Waals surface area contributed by atoms with Crippen LogP contribution in [-0.2, 0) is 14.8 Å². The van der Waals surface area contributed by atoms with Crippen LogP contribution in [0.3, 0.4) is 0 Å². The molecule has 1 aromatic carbocycles. The number of carboxylic acids is 1. The number of piperidine rings is 1. The number of carboxylic acid groups (broad SMARTS) is 1. The highest BCUT2D eigenvalue weighted by Gasteiger charge is 2.34. The Hall–Kier alpha value is -1.93. The van der Waals surface area contributed by atoms with Gasteiger partial charge in [-0.1, -0.05) is 12.5 Å². The molecule has 7 nitrogen and oxygen atoms in total. The van der Waals surface area contributed by atoms with Crippen LogP contribution in [0, 0.1) is 0 Å². The maximum atomic E-state index is 13.1. The summed E-state index contributed by atoms with van der Waals surface area (Å²) in [6.45, 7) is 1.75. The van der Waals surface area contributed by atoms with E-state index in [2.05, 4.69) is 0 Å². The van der Waals surface area contributed by atoms with Gasteiger partial charge in [0.15, 0.2) is 0 Å². The minimum Gasteiger partial charge on any atom is -0.478 e. The van der Waals surface area contributed by atoms with E-state index >= 15 is 0 Å². The lowest BCUT2D eigenvalue weighted by Crippen LogP contribution is -2.45. The van der Waals surface area contributed by atoms with Gasteiger partial charge in [-0.3, -0.25) is 4.79 Å². The number of carbonyl (C=O) groups is 2. The van der Waals surface area contributed by atoms with Crippen LogP contribution in [0.25, 0.3) is 0 Å². The summed E-state index contributed by atoms with van der Waals surface area (Å²) in [6.07, 6.45) is 4.57. The molecule has 0 aromatic heterocycles. The van der Waals surface area contributed by atoms with Crippen LogP contribution in [0.5, 0.6) is 0 Å². The number of aromatic carboxylic acids is 1. The minimum atomic E-state index is -3.76. The number of likely N-dealkylation sites (tertiary alicyclic amines) is 1. The van der Waals surface area contributed by atoms with E-state index in [-0.39, 0.29) is 22.4 Å². The summed E-state index contributed by atoms with van der Waals surface area (Å²) in [5, 5.41) is 9.12. The van der Waals surface area contributed by atoms with Crippen molar-refractivity contribution in [3.8, 4) is 0 Å². The van der Waals surface area contributed by atoms with Crippen molar-refractivity contribution in [2.24, 2.45) is 0 Å². The highest BCUT2D eigenvalue weighted by atomic mass is 32.2. The van der Waals surface area contributed by atoms with Crippen LogP contribution < -0.4 is 0 Å². The molecule has 1 atom stereocenters. The molecule has 0 saturated carbocycles. The number of hydrogen-bond acceptors (Lipinski definition) is 4. The lowest BCUT2D eigenvalue weighted by atomic mass is 10.0. The minimum absolute atomic E-state index is 0.0153. The average Bonchev–Trinajstić information content (AvgIpc) is 3.05. The summed E-state index contributed by atoms with van der Waals surface area (Å²) in [5.41, 5.74) is -0.0395. The maximum Gasteiger partial charge on any atom is 0.335 e. The standard InChI is InChI=1S/C18H24N2O5S/c21-17-8-4-10-19(17)12-9-15-6-1-2-11-20(15)26(24,25)16-7-3-5-14(13-16)18(22)23/h3,5,7,13,15H,1-2,4,6,8-12H2,(H,22,23). The van der Waals surface area contributed by atoms with Crippen LogP contribution in [-0.4, -0.2) is 60.3 Å². The van der Waals surface area contributed by atoms with Gasteiger partial charge < -0.3 is 10.0 Å². The monoisotopic (exact) mass is 380 g/mol. The van der Waals surface area contributed by atoms with Crippen LogP contribution in [0.15, 0.2) is 29.2 Å². The van der Waals surface area contributed by atoms with Gasteiger partial charge in [-0.05, 0) is 43.9 Å². The zero-order chi connectivity index (χ0) is 18.7. The van der Waals surface area contributed by atoms with Crippen molar-refractivity contribution < 1.29 is 23.1 Å². The van der Waals surface area contributed by atoms with E-state index < -0.39 is 16.0 Å². The second-order valence-corrected chi connectivity index (χ2v) is 8.76. The predicted molar refractivity (Wildman–Crippen MR) is 95.4 cm³/mol. The Labute approximate surface area is 153 Å². The smallest absolute Gasteiger partial charge is 0.335 e. The molecule has 0 spiro atoms. The fraction of sp³-hybridized carbons (Fsp3) is 0.556. The molecule has 2 aliphatic heterocycles. The van der Waals surface area contributed by atoms with Crippen LogP contribution in [0.4, 0.5) is 0 Å². The molecule has 2 heterocycles. The summed E-state index contributed by atoms with van der Waals surface area (Å²) in [7, 11) is -3.76. The second kappa shape index (κ2) is 7.75. The molecule has 2 aliphatic rings. The zero-order valence-electron chi connectivity index (χ0n) is 14.6. The molecule has 0 aliphatic carbocycles. The van der Waals surface area contributed by atoms with Crippen molar-refractivity contribution in [2.45, 2.75) is 49.5 Å². The molecular formula is C18H24N2O5S. The number of carbonyl (C=O) groups excluding carboxylic acids is 1. The molecule has 2 saturated heterocycles. The van der Waals surface area contributed by atoms with Crippen LogP contribution in [0.1, 0.15) is 48.9 Å². The molecule has 1 aromatic rings. The molecule has 0 radical (unpaired) electrons. The maximum absolute atomic E-state index is 13.1. The summed E-state index contributed by atoms with van der Waals surface area (Å²) in [4.78, 5) is 24.8. The largest absolute Gasteiger partial charge is 0.478 e. The third-order valence-corrected chi connectivity index (χ3v) is 7.11. The summed E-state index contributed by atoms with van der Waals surface area (Å²) in [6, 6.07) is 5.34. The first-order valence-electron chi connectivity index (χ1n) is 9.02. The van der Waals surface area contributed by atoms with E-state index in [0.717, 1.165) is 32.2 Å². The SMILES string of the molecule is O=C(O)c1cccc(S(=O)(=O)N2CCCCC2CCN2CCCC2=O)c1. The molecular weight excluding hydrogens is 356 g/mol. The number of sulfonamides is 1. The number of nitrogens with zero attached hydrogens (tertiary/aromatic N) is 2. The summed E-state index contributed by atoms with van der Waals surface area (Å²) >= 11 is 0. The van der Waals surface area contributed by atoms with Gasteiger partial charge in [0.25, 0.3) is 0 Å². The number of hydrogen-bond donors (Lipinski definition) is 1. The quantitative estimate of drug-likeness (QED) is 0.814. The van der Waals surface area contributed by atoms with E-state index in [9.17, 15) is 18.0 Å². The van der Waals surface area contributed by atoms with Gasteiger partial charge in [0.2, 0.25) is 15.9 Å². The fourth-order valence-electron chi connectivity index (χ4n) is 3.75. The molecule has 2 fully saturated rings. The van der Waals surface area contributed by atoms with E-state index in [4.69, 9.17) is 5.11 Å². The molecule has 1 N–H and O–H groups in total. The number of amides is 1. The van der Waals surface area contributed by atoms with Crippen LogP contribution >= 0.6 is 0 Å². The lowest BCUT2D eigenvalue weighted by molar-refractivity contribution is -0.127. The Morgan fingerprint density at radius 1 is 1.19 bits per heavy atom. The van der Waals surface area contributed by atoms with Gasteiger partial charge in [-0.15, -0.1) is 0 Å². The van der Waals surface area contributed by atoms with Gasteiger partial charge in [-0.2, -0.15) is 4.31 Å². The Balaban J connectivity index is 1.78. The van der Waals surface area contributed by atoms with Crippen molar-refractivity contribution in [1.29, 1.82) is 0 Å². The van der Waals surface area contributed by atoms with Crippen molar-refractivity contribution in [3.05, 3.63) is 29.8 Å². The summed E-state index contributed by atoms with van der Waals surface area (Å²) in [5.74, 6) is -1.01. The van der Waals surface area contributed by atoms with Gasteiger partial charge in [0, 0.05) is 32.1 Å². The fourth-order valence-corrected chi connectivity index (χ4v) is 5.52. The van der Waals surface area contributed by atoms with E-state index in [1.807, 2.05) is 4.90 Å². The van der Waals surface area contributed by atoms with Gasteiger partial charge in [0.1, 0.15) is 0 Å². The molecule has 0 bridgehead atoms.